The highest BCUT2D eigenvalue weighted by Crippen LogP contribution is 2.36. The molecule has 1 heterocycles. The van der Waals surface area contributed by atoms with E-state index in [1.807, 2.05) is 42.7 Å². The maximum atomic E-state index is 12.7. The summed E-state index contributed by atoms with van der Waals surface area (Å²) in [6, 6.07) is 11.0. The smallest absolute Gasteiger partial charge is 0.234 e. The van der Waals surface area contributed by atoms with Crippen molar-refractivity contribution < 1.29 is 19.0 Å². The second-order valence-electron chi connectivity index (χ2n) is 7.34. The van der Waals surface area contributed by atoms with Crippen LogP contribution in [-0.2, 0) is 11.3 Å². The lowest BCUT2D eigenvalue weighted by Gasteiger charge is -2.16. The molecule has 0 saturated heterocycles. The second kappa shape index (κ2) is 11.8. The van der Waals surface area contributed by atoms with Crippen LogP contribution >= 0.6 is 23.4 Å². The van der Waals surface area contributed by atoms with E-state index < -0.39 is 0 Å². The number of rotatable bonds is 11. The van der Waals surface area contributed by atoms with Crippen molar-refractivity contribution in [2.45, 2.75) is 31.7 Å². The summed E-state index contributed by atoms with van der Waals surface area (Å²) in [5.74, 6) is 2.12. The zero-order chi connectivity index (χ0) is 24.7. The molecular formula is C24H27ClN4O4S. The minimum atomic E-state index is -0.343. The highest BCUT2D eigenvalue weighted by molar-refractivity contribution is 7.99. The summed E-state index contributed by atoms with van der Waals surface area (Å²) in [4.78, 5) is 12.7. The predicted molar refractivity (Wildman–Crippen MR) is 134 cm³/mol. The summed E-state index contributed by atoms with van der Waals surface area (Å²) < 4.78 is 18.5. The number of anilines is 1. The third-order valence-electron chi connectivity index (χ3n) is 4.83. The van der Waals surface area contributed by atoms with Crippen molar-refractivity contribution in [1.82, 2.24) is 14.8 Å². The van der Waals surface area contributed by atoms with Gasteiger partial charge in [-0.15, -0.1) is 16.8 Å². The molecular weight excluding hydrogens is 476 g/mol. The molecule has 8 nitrogen and oxygen atoms in total. The number of nitrogens with zero attached hydrogens (tertiary/aromatic N) is 3. The van der Waals surface area contributed by atoms with Gasteiger partial charge in [0.15, 0.2) is 17.1 Å². The average molecular weight is 503 g/mol. The molecule has 0 aliphatic rings. The quantitative estimate of drug-likeness (QED) is 0.280. The van der Waals surface area contributed by atoms with Crippen molar-refractivity contribution in [2.24, 2.45) is 0 Å². The van der Waals surface area contributed by atoms with Gasteiger partial charge in [-0.25, -0.2) is 0 Å². The molecule has 0 aliphatic carbocycles. The topological polar surface area (TPSA) is 87.5 Å². The first kappa shape index (κ1) is 25.5. The summed E-state index contributed by atoms with van der Waals surface area (Å²) in [6.45, 7) is 8.23. The van der Waals surface area contributed by atoms with Crippen LogP contribution in [0, 0.1) is 6.92 Å². The highest BCUT2D eigenvalue weighted by atomic mass is 35.5. The molecule has 10 heteroatoms. The third-order valence-corrected chi connectivity index (χ3v) is 6.10. The number of halogens is 1. The average Bonchev–Trinajstić information content (AvgIpc) is 3.23. The van der Waals surface area contributed by atoms with Crippen LogP contribution in [0.15, 0.2) is 54.2 Å². The number of hydrogen-bond acceptors (Lipinski definition) is 7. The number of amides is 1. The molecule has 1 unspecified atom stereocenters. The normalized spacial score (nSPS) is 11.6. The Bertz CT molecular complexity index is 1150. The molecule has 0 aliphatic heterocycles. The molecule has 34 heavy (non-hydrogen) atoms. The van der Waals surface area contributed by atoms with Gasteiger partial charge in [0, 0.05) is 18.7 Å². The van der Waals surface area contributed by atoms with Crippen LogP contribution in [0.25, 0.3) is 0 Å². The van der Waals surface area contributed by atoms with E-state index in [0.29, 0.717) is 39.7 Å². The Morgan fingerprint density at radius 3 is 2.56 bits per heavy atom. The standard InChI is InChI=1S/C24H27ClN4O4S/c1-6-11-29-23(16(3)33-17-9-7-15(2)8-10-17)27-28-24(29)34-14-22(30)26-19-13-20(31-4)18(25)12-21(19)32-5/h6-10,12-13,16H,1,11,14H2,2-5H3,(H,26,30). The van der Waals surface area contributed by atoms with Crippen LogP contribution < -0.4 is 19.5 Å². The molecule has 0 fully saturated rings. The van der Waals surface area contributed by atoms with E-state index in [0.717, 1.165) is 11.3 Å². The first-order chi connectivity index (χ1) is 16.4. The van der Waals surface area contributed by atoms with Gasteiger partial charge < -0.3 is 19.5 Å². The van der Waals surface area contributed by atoms with Gasteiger partial charge >= 0.3 is 0 Å². The number of benzene rings is 2. The van der Waals surface area contributed by atoms with Gasteiger partial charge in [-0.3, -0.25) is 9.36 Å². The fourth-order valence-corrected chi connectivity index (χ4v) is 4.14. The third kappa shape index (κ3) is 6.24. The molecule has 1 amide bonds. The van der Waals surface area contributed by atoms with E-state index in [1.54, 1.807) is 18.2 Å². The van der Waals surface area contributed by atoms with E-state index >= 15 is 0 Å². The van der Waals surface area contributed by atoms with Crippen LogP contribution in [0.1, 0.15) is 24.4 Å². The molecule has 1 N–H and O–H groups in total. The number of aryl methyl sites for hydroxylation is 1. The monoisotopic (exact) mass is 502 g/mol. The minimum Gasteiger partial charge on any atom is -0.495 e. The summed E-state index contributed by atoms with van der Waals surface area (Å²) >= 11 is 7.40. The van der Waals surface area contributed by atoms with Crippen LogP contribution in [0.3, 0.4) is 0 Å². The summed E-state index contributed by atoms with van der Waals surface area (Å²) in [7, 11) is 3.00. The summed E-state index contributed by atoms with van der Waals surface area (Å²) in [6.07, 6.45) is 1.41. The van der Waals surface area contributed by atoms with Gasteiger partial charge in [-0.05, 0) is 26.0 Å². The number of methoxy groups -OCH3 is 2. The number of aromatic nitrogens is 3. The molecule has 0 saturated carbocycles. The Balaban J connectivity index is 1.70. The first-order valence-electron chi connectivity index (χ1n) is 10.5. The van der Waals surface area contributed by atoms with Gasteiger partial charge in [0.2, 0.25) is 5.91 Å². The zero-order valence-corrected chi connectivity index (χ0v) is 21.1. The number of thioether (sulfide) groups is 1. The van der Waals surface area contributed by atoms with E-state index in [1.165, 1.54) is 26.0 Å². The van der Waals surface area contributed by atoms with Crippen molar-refractivity contribution in [3.8, 4) is 17.2 Å². The van der Waals surface area contributed by atoms with Gasteiger partial charge in [-0.2, -0.15) is 0 Å². The fraction of sp³-hybridized carbons (Fsp3) is 0.292. The largest absolute Gasteiger partial charge is 0.495 e. The molecule has 3 aromatic rings. The Morgan fingerprint density at radius 2 is 1.91 bits per heavy atom. The molecule has 1 aromatic heterocycles. The lowest BCUT2D eigenvalue weighted by atomic mass is 10.2. The second-order valence-corrected chi connectivity index (χ2v) is 8.69. The Morgan fingerprint density at radius 1 is 1.21 bits per heavy atom. The van der Waals surface area contributed by atoms with Crippen molar-refractivity contribution in [1.29, 1.82) is 0 Å². The fourth-order valence-electron chi connectivity index (χ4n) is 3.16. The summed E-state index contributed by atoms with van der Waals surface area (Å²) in [5, 5.41) is 12.4. The number of nitrogens with one attached hydrogen (secondary N) is 1. The van der Waals surface area contributed by atoms with Gasteiger partial charge in [0.1, 0.15) is 17.2 Å². The van der Waals surface area contributed by atoms with Gasteiger partial charge in [0.25, 0.3) is 0 Å². The lowest BCUT2D eigenvalue weighted by molar-refractivity contribution is -0.113. The predicted octanol–water partition coefficient (Wildman–Crippen LogP) is 5.31. The highest BCUT2D eigenvalue weighted by Gasteiger charge is 2.20. The molecule has 0 spiro atoms. The van der Waals surface area contributed by atoms with Gasteiger partial charge in [-0.1, -0.05) is 47.1 Å². The molecule has 0 bridgehead atoms. The number of allylic oxidation sites excluding steroid dienone is 1. The zero-order valence-electron chi connectivity index (χ0n) is 19.5. The van der Waals surface area contributed by atoms with Crippen LogP contribution in [0.2, 0.25) is 5.02 Å². The van der Waals surface area contributed by atoms with E-state index in [2.05, 4.69) is 22.1 Å². The molecule has 3 rings (SSSR count). The Hall–Kier alpha value is -3.17. The van der Waals surface area contributed by atoms with Crippen molar-refractivity contribution in [2.75, 3.05) is 25.3 Å². The molecule has 2 aromatic carbocycles. The minimum absolute atomic E-state index is 0.108. The maximum absolute atomic E-state index is 12.7. The number of hydrogen-bond donors (Lipinski definition) is 1. The Kier molecular flexibility index (Phi) is 8.84. The first-order valence-corrected chi connectivity index (χ1v) is 11.8. The van der Waals surface area contributed by atoms with Crippen LogP contribution in [-0.4, -0.2) is 40.6 Å². The molecule has 0 radical (unpaired) electrons. The van der Waals surface area contributed by atoms with E-state index in [4.69, 9.17) is 25.8 Å². The Labute approximate surface area is 208 Å². The number of ether oxygens (including phenoxy) is 3. The number of carbonyl (C=O) groups is 1. The number of carbonyl (C=O) groups excluding carboxylic acids is 1. The van der Waals surface area contributed by atoms with Gasteiger partial charge in [0.05, 0.1) is 30.7 Å². The van der Waals surface area contributed by atoms with Crippen LogP contribution in [0.4, 0.5) is 5.69 Å². The summed E-state index contributed by atoms with van der Waals surface area (Å²) in [5.41, 5.74) is 1.61. The van der Waals surface area contributed by atoms with Crippen molar-refractivity contribution in [3.63, 3.8) is 0 Å². The van der Waals surface area contributed by atoms with Crippen LogP contribution in [0.5, 0.6) is 17.2 Å². The maximum Gasteiger partial charge on any atom is 0.234 e. The van der Waals surface area contributed by atoms with Crippen molar-refractivity contribution >= 4 is 35.0 Å². The molecule has 1 atom stereocenters. The van der Waals surface area contributed by atoms with E-state index in [-0.39, 0.29) is 17.8 Å². The lowest BCUT2D eigenvalue weighted by Crippen LogP contribution is -2.16. The van der Waals surface area contributed by atoms with Crippen molar-refractivity contribution in [3.05, 3.63) is 65.5 Å². The van der Waals surface area contributed by atoms with E-state index in [9.17, 15) is 4.79 Å². The molecule has 180 valence electrons. The SMILES string of the molecule is C=CCn1c(SCC(=O)Nc2cc(OC)c(Cl)cc2OC)nnc1C(C)Oc1ccc(C)cc1.